The van der Waals surface area contributed by atoms with Crippen molar-refractivity contribution < 1.29 is 27.2 Å². The summed E-state index contributed by atoms with van der Waals surface area (Å²) >= 11 is 5.92. The van der Waals surface area contributed by atoms with Gasteiger partial charge in [-0.05, 0) is 35.9 Å². The van der Waals surface area contributed by atoms with Gasteiger partial charge in [0.15, 0.2) is 0 Å². The molecule has 0 bridgehead atoms. The van der Waals surface area contributed by atoms with E-state index in [-0.39, 0.29) is 16.8 Å². The van der Waals surface area contributed by atoms with Crippen molar-refractivity contribution in [2.45, 2.75) is 6.18 Å². The Kier molecular flexibility index (Phi) is 4.12. The second kappa shape index (κ2) is 6.00. The van der Waals surface area contributed by atoms with Crippen molar-refractivity contribution in [2.24, 2.45) is 0 Å². The van der Waals surface area contributed by atoms with Crippen molar-refractivity contribution in [3.8, 4) is 0 Å². The lowest BCUT2D eigenvalue weighted by Crippen LogP contribution is -2.31. The van der Waals surface area contributed by atoms with Crippen LogP contribution in [0.25, 0.3) is 5.57 Å². The molecule has 8 heteroatoms. The lowest BCUT2D eigenvalue weighted by atomic mass is 10.1. The van der Waals surface area contributed by atoms with Gasteiger partial charge in [-0.3, -0.25) is 9.59 Å². The molecule has 0 aliphatic carbocycles. The Morgan fingerprint density at radius 3 is 2.16 bits per heavy atom. The second-order valence-corrected chi connectivity index (χ2v) is 5.57. The van der Waals surface area contributed by atoms with Gasteiger partial charge in [0.05, 0.1) is 16.8 Å². The predicted molar refractivity (Wildman–Crippen MR) is 83.1 cm³/mol. The number of rotatable bonds is 2. The summed E-state index contributed by atoms with van der Waals surface area (Å²) in [5.74, 6) is -2.36. The molecule has 0 radical (unpaired) electrons. The summed E-state index contributed by atoms with van der Waals surface area (Å²) in [5.41, 5.74) is -1.25. The van der Waals surface area contributed by atoms with Gasteiger partial charge in [0.25, 0.3) is 11.8 Å². The van der Waals surface area contributed by atoms with E-state index in [1.54, 1.807) is 0 Å². The number of amides is 2. The fraction of sp³-hybridized carbons (Fsp3) is 0.0588. The number of halogens is 5. The maximum Gasteiger partial charge on any atom is 0.416 e. The monoisotopic (exact) mass is 369 g/mol. The molecular weight excluding hydrogens is 362 g/mol. The molecule has 0 aromatic heterocycles. The van der Waals surface area contributed by atoms with Gasteiger partial charge < -0.3 is 0 Å². The summed E-state index contributed by atoms with van der Waals surface area (Å²) in [4.78, 5) is 25.4. The van der Waals surface area contributed by atoms with E-state index in [1.165, 1.54) is 18.2 Å². The summed E-state index contributed by atoms with van der Waals surface area (Å²) in [7, 11) is 0. The molecule has 1 aliphatic heterocycles. The molecule has 2 amide bonds. The van der Waals surface area contributed by atoms with Crippen LogP contribution in [0.15, 0.2) is 53.6 Å². The Hall–Kier alpha value is -2.67. The Balaban J connectivity index is 2.03. The zero-order valence-electron chi connectivity index (χ0n) is 12.3. The molecule has 1 heterocycles. The van der Waals surface area contributed by atoms with Crippen molar-refractivity contribution >= 4 is 34.7 Å². The first kappa shape index (κ1) is 17.2. The molecule has 1 aliphatic rings. The van der Waals surface area contributed by atoms with Crippen LogP contribution >= 0.6 is 11.6 Å². The minimum Gasteiger partial charge on any atom is -0.268 e. The summed E-state index contributed by atoms with van der Waals surface area (Å²) in [6.45, 7) is 0. The van der Waals surface area contributed by atoms with Crippen molar-refractivity contribution in [2.75, 3.05) is 4.90 Å². The van der Waals surface area contributed by atoms with Crippen molar-refractivity contribution in [1.29, 1.82) is 0 Å². The maximum absolute atomic E-state index is 13.0. The molecule has 3 rings (SSSR count). The highest BCUT2D eigenvalue weighted by atomic mass is 35.5. The van der Waals surface area contributed by atoms with Gasteiger partial charge >= 0.3 is 6.18 Å². The lowest BCUT2D eigenvalue weighted by Gasteiger charge is -2.16. The van der Waals surface area contributed by atoms with Crippen LogP contribution < -0.4 is 4.90 Å². The second-order valence-electron chi connectivity index (χ2n) is 5.19. The summed E-state index contributed by atoms with van der Waals surface area (Å²) in [5, 5.41) is -0.436. The minimum absolute atomic E-state index is 0.191. The van der Waals surface area contributed by atoms with Crippen LogP contribution in [0.3, 0.4) is 0 Å². The van der Waals surface area contributed by atoms with Gasteiger partial charge in [0.1, 0.15) is 10.8 Å². The molecule has 128 valence electrons. The number of carbonyl (C=O) groups excluding carboxylic acids is 2. The van der Waals surface area contributed by atoms with Crippen LogP contribution in [-0.4, -0.2) is 11.8 Å². The summed E-state index contributed by atoms with van der Waals surface area (Å²) in [6, 6.07) is 8.47. The highest BCUT2D eigenvalue weighted by Crippen LogP contribution is 2.37. The number of alkyl halides is 3. The quantitative estimate of drug-likeness (QED) is 0.582. The van der Waals surface area contributed by atoms with E-state index >= 15 is 0 Å². The SMILES string of the molecule is O=C1C(Cl)=C(c2ccc(F)cc2)C(=O)N1c1cccc(C(F)(F)F)c1. The van der Waals surface area contributed by atoms with E-state index in [2.05, 4.69) is 0 Å². The number of benzene rings is 2. The van der Waals surface area contributed by atoms with E-state index in [0.29, 0.717) is 11.0 Å². The van der Waals surface area contributed by atoms with Crippen molar-refractivity contribution in [3.63, 3.8) is 0 Å². The average molecular weight is 370 g/mol. The van der Waals surface area contributed by atoms with Gasteiger partial charge in [0, 0.05) is 0 Å². The van der Waals surface area contributed by atoms with E-state index in [1.807, 2.05) is 0 Å². The zero-order chi connectivity index (χ0) is 18.4. The third-order valence-corrected chi connectivity index (χ3v) is 3.94. The van der Waals surface area contributed by atoms with E-state index in [0.717, 1.165) is 24.3 Å². The molecule has 0 unspecified atom stereocenters. The number of imide groups is 1. The van der Waals surface area contributed by atoms with Crippen LogP contribution in [0.2, 0.25) is 0 Å². The largest absolute Gasteiger partial charge is 0.416 e. The molecule has 2 aromatic rings. The molecule has 0 N–H and O–H groups in total. The molecule has 0 atom stereocenters. The standard InChI is InChI=1S/C17H8ClF4NO2/c18-14-13(9-4-6-11(19)7-5-9)15(24)23(16(14)25)12-3-1-2-10(8-12)17(20,21)22/h1-8H. The maximum atomic E-state index is 13.0. The van der Waals surface area contributed by atoms with E-state index in [4.69, 9.17) is 11.6 Å². The summed E-state index contributed by atoms with van der Waals surface area (Å²) in [6.07, 6.45) is -4.63. The third kappa shape index (κ3) is 3.02. The lowest BCUT2D eigenvalue weighted by molar-refractivity contribution is -0.137. The van der Waals surface area contributed by atoms with Gasteiger partial charge in [-0.1, -0.05) is 29.8 Å². The Morgan fingerprint density at radius 2 is 1.56 bits per heavy atom. The number of hydrogen-bond acceptors (Lipinski definition) is 2. The van der Waals surface area contributed by atoms with Gasteiger partial charge in [-0.15, -0.1) is 0 Å². The van der Waals surface area contributed by atoms with Crippen LogP contribution in [0.4, 0.5) is 23.2 Å². The fourth-order valence-electron chi connectivity index (χ4n) is 2.43. The third-order valence-electron chi connectivity index (χ3n) is 3.59. The van der Waals surface area contributed by atoms with Gasteiger partial charge in [-0.25, -0.2) is 9.29 Å². The first-order chi connectivity index (χ1) is 11.7. The minimum atomic E-state index is -4.63. The van der Waals surface area contributed by atoms with Gasteiger partial charge in [-0.2, -0.15) is 13.2 Å². The normalized spacial score (nSPS) is 15.3. The average Bonchev–Trinajstić information content (AvgIpc) is 2.78. The highest BCUT2D eigenvalue weighted by Gasteiger charge is 2.40. The van der Waals surface area contributed by atoms with Crippen molar-refractivity contribution in [1.82, 2.24) is 0 Å². The molecule has 3 nitrogen and oxygen atoms in total. The topological polar surface area (TPSA) is 37.4 Å². The zero-order valence-corrected chi connectivity index (χ0v) is 13.0. The van der Waals surface area contributed by atoms with Crippen LogP contribution in [0.5, 0.6) is 0 Å². The number of hydrogen-bond donors (Lipinski definition) is 0. The van der Waals surface area contributed by atoms with Gasteiger partial charge in [0.2, 0.25) is 0 Å². The summed E-state index contributed by atoms with van der Waals surface area (Å²) < 4.78 is 51.6. The van der Waals surface area contributed by atoms with E-state index in [9.17, 15) is 27.2 Å². The highest BCUT2D eigenvalue weighted by molar-refractivity contribution is 6.60. The number of nitrogens with zero attached hydrogens (tertiary/aromatic N) is 1. The Labute approximate surface area is 144 Å². The predicted octanol–water partition coefficient (Wildman–Crippen LogP) is 4.37. The molecule has 2 aromatic carbocycles. The molecular formula is C17H8ClF4NO2. The van der Waals surface area contributed by atoms with E-state index < -0.39 is 34.4 Å². The van der Waals surface area contributed by atoms with Crippen LogP contribution in [-0.2, 0) is 15.8 Å². The fourth-order valence-corrected chi connectivity index (χ4v) is 2.70. The van der Waals surface area contributed by atoms with Crippen molar-refractivity contribution in [3.05, 3.63) is 70.5 Å². The molecule has 0 saturated heterocycles. The van der Waals surface area contributed by atoms with Crippen LogP contribution in [0, 0.1) is 5.82 Å². The Bertz CT molecular complexity index is 904. The molecule has 0 saturated carbocycles. The number of carbonyl (C=O) groups is 2. The first-order valence-corrected chi connectivity index (χ1v) is 7.29. The Morgan fingerprint density at radius 1 is 0.920 bits per heavy atom. The molecule has 0 fully saturated rings. The smallest absolute Gasteiger partial charge is 0.268 e. The molecule has 0 spiro atoms. The van der Waals surface area contributed by atoms with Crippen LogP contribution in [0.1, 0.15) is 11.1 Å². The first-order valence-electron chi connectivity index (χ1n) is 6.92. The number of anilines is 1. The molecule has 25 heavy (non-hydrogen) atoms.